The molecule has 0 amide bonds. The summed E-state index contributed by atoms with van der Waals surface area (Å²) in [5, 5.41) is 1.96. The van der Waals surface area contributed by atoms with Crippen LogP contribution in [0.3, 0.4) is 0 Å². The minimum Gasteiger partial charge on any atom is -0.457 e. The van der Waals surface area contributed by atoms with Crippen molar-refractivity contribution in [2.45, 2.75) is 18.9 Å². The van der Waals surface area contributed by atoms with Gasteiger partial charge >= 0.3 is 5.97 Å². The summed E-state index contributed by atoms with van der Waals surface area (Å²) in [5.74, 6) is 1.09. The van der Waals surface area contributed by atoms with Crippen molar-refractivity contribution in [3.63, 3.8) is 0 Å². The predicted octanol–water partition coefficient (Wildman–Crippen LogP) is 3.65. The van der Waals surface area contributed by atoms with E-state index in [0.29, 0.717) is 11.7 Å². The van der Waals surface area contributed by atoms with Gasteiger partial charge < -0.3 is 9.15 Å². The van der Waals surface area contributed by atoms with Crippen LogP contribution in [-0.4, -0.2) is 15.9 Å². The smallest absolute Gasteiger partial charge is 0.310 e. The molecule has 3 aromatic heterocycles. The lowest BCUT2D eigenvalue weighted by Gasteiger charge is -2.02. The molecule has 23 heavy (non-hydrogen) atoms. The van der Waals surface area contributed by atoms with Crippen molar-refractivity contribution >= 4 is 17.3 Å². The van der Waals surface area contributed by atoms with Gasteiger partial charge in [0.05, 0.1) is 17.0 Å². The molecule has 3 heterocycles. The number of hydrogen-bond acceptors (Lipinski definition) is 6. The van der Waals surface area contributed by atoms with Gasteiger partial charge in [-0.25, -0.2) is 4.98 Å². The van der Waals surface area contributed by atoms with Crippen LogP contribution in [0.25, 0.3) is 10.8 Å². The Bertz CT molecular complexity index is 798. The van der Waals surface area contributed by atoms with E-state index in [4.69, 9.17) is 9.15 Å². The Labute approximate surface area is 137 Å². The van der Waals surface area contributed by atoms with Crippen molar-refractivity contribution in [2.75, 3.05) is 0 Å². The van der Waals surface area contributed by atoms with Crippen LogP contribution >= 0.6 is 11.3 Å². The maximum Gasteiger partial charge on any atom is 0.310 e. The molecule has 1 aliphatic rings. The van der Waals surface area contributed by atoms with Crippen molar-refractivity contribution < 1.29 is 13.9 Å². The van der Waals surface area contributed by atoms with E-state index in [0.717, 1.165) is 16.9 Å². The molecular weight excluding hydrogens is 312 g/mol. The molecular formula is C17H14N2O3S. The number of nitrogens with zero attached hydrogens (tertiary/aromatic N) is 2. The first-order chi connectivity index (χ1) is 11.3. The molecule has 5 nitrogen and oxygen atoms in total. The van der Waals surface area contributed by atoms with Gasteiger partial charge in [0.15, 0.2) is 12.4 Å². The largest absolute Gasteiger partial charge is 0.457 e. The van der Waals surface area contributed by atoms with Crippen molar-refractivity contribution in [3.8, 4) is 10.8 Å². The first-order valence-electron chi connectivity index (χ1n) is 7.36. The molecule has 2 atom stereocenters. The number of esters is 1. The van der Waals surface area contributed by atoms with Crippen molar-refractivity contribution in [3.05, 3.63) is 59.6 Å². The lowest BCUT2D eigenvalue weighted by molar-refractivity contribution is -0.147. The lowest BCUT2D eigenvalue weighted by Crippen LogP contribution is -2.07. The molecule has 6 heteroatoms. The summed E-state index contributed by atoms with van der Waals surface area (Å²) in [6.45, 7) is 0.119. The molecule has 0 unspecified atom stereocenters. The summed E-state index contributed by atoms with van der Waals surface area (Å²) < 4.78 is 10.9. The number of carbonyl (C=O) groups is 1. The third-order valence-electron chi connectivity index (χ3n) is 3.85. The van der Waals surface area contributed by atoms with Crippen LogP contribution < -0.4 is 0 Å². The van der Waals surface area contributed by atoms with E-state index < -0.39 is 0 Å². The highest BCUT2D eigenvalue weighted by Gasteiger charge is 2.45. The molecule has 0 aromatic carbocycles. The first-order valence-corrected chi connectivity index (χ1v) is 8.24. The van der Waals surface area contributed by atoms with Gasteiger partial charge in [-0.15, -0.1) is 11.3 Å². The standard InChI is InChI=1S/C17H14N2O3S/c20-17(14-7-13(14)11-3-1-5-18-8-11)21-10-12-9-19-16(22-12)15-4-2-6-23-15/h1-6,8-9,13-14H,7,10H2/t13-,14+/m1/s1. The molecule has 0 saturated heterocycles. The Morgan fingerprint density at radius 1 is 1.35 bits per heavy atom. The first kappa shape index (κ1) is 14.1. The fourth-order valence-electron chi connectivity index (χ4n) is 2.56. The van der Waals surface area contributed by atoms with E-state index in [-0.39, 0.29) is 24.4 Å². The molecule has 0 spiro atoms. The molecule has 0 aliphatic heterocycles. The van der Waals surface area contributed by atoms with Crippen LogP contribution in [0, 0.1) is 5.92 Å². The highest BCUT2D eigenvalue weighted by atomic mass is 32.1. The van der Waals surface area contributed by atoms with Crippen LogP contribution in [0.4, 0.5) is 0 Å². The highest BCUT2D eigenvalue weighted by Crippen LogP contribution is 2.47. The van der Waals surface area contributed by atoms with Crippen LogP contribution in [0.2, 0.25) is 0 Å². The summed E-state index contributed by atoms with van der Waals surface area (Å²) in [5.41, 5.74) is 1.09. The van der Waals surface area contributed by atoms with Gasteiger partial charge in [-0.1, -0.05) is 12.1 Å². The van der Waals surface area contributed by atoms with Crippen molar-refractivity contribution in [2.24, 2.45) is 5.92 Å². The van der Waals surface area contributed by atoms with Crippen molar-refractivity contribution in [1.29, 1.82) is 0 Å². The average molecular weight is 326 g/mol. The summed E-state index contributed by atoms with van der Waals surface area (Å²) in [6, 6.07) is 7.76. The van der Waals surface area contributed by atoms with Crippen LogP contribution in [0.15, 0.2) is 52.7 Å². The molecule has 4 rings (SSSR count). The number of hydrogen-bond donors (Lipinski definition) is 0. The number of oxazole rings is 1. The molecule has 116 valence electrons. The second-order valence-electron chi connectivity index (χ2n) is 5.45. The summed E-state index contributed by atoms with van der Waals surface area (Å²) in [7, 11) is 0. The SMILES string of the molecule is O=C(OCc1cnc(-c2cccs2)o1)[C@H]1C[C@@H]1c1cccnc1. The Kier molecular flexibility index (Phi) is 3.67. The van der Waals surface area contributed by atoms with Gasteiger partial charge in [0.25, 0.3) is 0 Å². The average Bonchev–Trinajstić information content (AvgIpc) is 2.99. The second kappa shape index (κ2) is 5.96. The van der Waals surface area contributed by atoms with E-state index in [9.17, 15) is 4.79 Å². The Balaban J connectivity index is 1.33. The molecule has 1 fully saturated rings. The number of ether oxygens (including phenoxy) is 1. The monoisotopic (exact) mass is 326 g/mol. The lowest BCUT2D eigenvalue weighted by atomic mass is 10.1. The molecule has 0 N–H and O–H groups in total. The second-order valence-corrected chi connectivity index (χ2v) is 6.40. The highest BCUT2D eigenvalue weighted by molar-refractivity contribution is 7.13. The van der Waals surface area contributed by atoms with E-state index in [1.54, 1.807) is 23.7 Å². The number of aromatic nitrogens is 2. The van der Waals surface area contributed by atoms with Gasteiger partial charge in [-0.3, -0.25) is 9.78 Å². The zero-order chi connectivity index (χ0) is 15.6. The predicted molar refractivity (Wildman–Crippen MR) is 84.7 cm³/mol. The Hall–Kier alpha value is -2.47. The number of carbonyl (C=O) groups excluding carboxylic acids is 1. The number of rotatable bonds is 5. The number of pyridine rings is 1. The molecule has 0 radical (unpaired) electrons. The zero-order valence-corrected chi connectivity index (χ0v) is 13.0. The summed E-state index contributed by atoms with van der Waals surface area (Å²) in [4.78, 5) is 21.3. The Morgan fingerprint density at radius 3 is 3.09 bits per heavy atom. The molecule has 0 bridgehead atoms. The minimum absolute atomic E-state index is 0.0705. The fourth-order valence-corrected chi connectivity index (χ4v) is 3.21. The molecule has 3 aromatic rings. The minimum atomic E-state index is -0.187. The molecule has 1 saturated carbocycles. The van der Waals surface area contributed by atoms with Gasteiger partial charge in [0, 0.05) is 12.4 Å². The molecule has 1 aliphatic carbocycles. The van der Waals surface area contributed by atoms with Gasteiger partial charge in [0.1, 0.15) is 0 Å². The number of thiophene rings is 1. The van der Waals surface area contributed by atoms with Crippen LogP contribution in [0.5, 0.6) is 0 Å². The normalized spacial score (nSPS) is 19.5. The maximum absolute atomic E-state index is 12.1. The van der Waals surface area contributed by atoms with E-state index in [2.05, 4.69) is 9.97 Å². The Morgan fingerprint density at radius 2 is 2.30 bits per heavy atom. The van der Waals surface area contributed by atoms with Gasteiger partial charge in [-0.2, -0.15) is 0 Å². The van der Waals surface area contributed by atoms with Crippen LogP contribution in [0.1, 0.15) is 23.7 Å². The van der Waals surface area contributed by atoms with E-state index in [1.807, 2.05) is 35.8 Å². The zero-order valence-electron chi connectivity index (χ0n) is 12.2. The van der Waals surface area contributed by atoms with Crippen molar-refractivity contribution in [1.82, 2.24) is 9.97 Å². The van der Waals surface area contributed by atoms with E-state index >= 15 is 0 Å². The third kappa shape index (κ3) is 3.03. The summed E-state index contributed by atoms with van der Waals surface area (Å²) in [6.07, 6.45) is 5.96. The van der Waals surface area contributed by atoms with Gasteiger partial charge in [-0.05, 0) is 35.4 Å². The third-order valence-corrected chi connectivity index (χ3v) is 4.71. The quantitative estimate of drug-likeness (QED) is 0.670. The topological polar surface area (TPSA) is 65.2 Å². The van der Waals surface area contributed by atoms with Crippen LogP contribution in [-0.2, 0) is 16.1 Å². The fraction of sp³-hybridized carbons (Fsp3) is 0.235. The van der Waals surface area contributed by atoms with E-state index in [1.165, 1.54) is 0 Å². The van der Waals surface area contributed by atoms with Gasteiger partial charge in [0.2, 0.25) is 5.89 Å². The summed E-state index contributed by atoms with van der Waals surface area (Å²) >= 11 is 1.56. The maximum atomic E-state index is 12.1.